The standard InChI is InChI=1S/C19H26O4/c1-15(2)7-5-8-16(3)11-12-22-18-9-6-10-19(17(18)13-20)23-14-21-4/h6-7,9-11,13H,5,8,12,14H2,1-4H3/b16-11+. The molecule has 0 amide bonds. The maximum atomic E-state index is 11.3. The summed E-state index contributed by atoms with van der Waals surface area (Å²) in [6.45, 7) is 6.80. The van der Waals surface area contributed by atoms with Crippen LogP contribution in [0.3, 0.4) is 0 Å². The number of rotatable bonds is 10. The molecule has 126 valence electrons. The third-order valence-corrected chi connectivity index (χ3v) is 3.24. The average Bonchev–Trinajstić information content (AvgIpc) is 2.52. The number of allylic oxidation sites excluding steroid dienone is 3. The molecule has 0 spiro atoms. The SMILES string of the molecule is COCOc1cccc(OC/C=C(\C)CCC=C(C)C)c1C=O. The van der Waals surface area contributed by atoms with E-state index in [9.17, 15) is 4.79 Å². The van der Waals surface area contributed by atoms with Crippen molar-refractivity contribution >= 4 is 6.29 Å². The van der Waals surface area contributed by atoms with Gasteiger partial charge in [-0.05, 0) is 51.8 Å². The van der Waals surface area contributed by atoms with E-state index in [2.05, 4.69) is 26.8 Å². The van der Waals surface area contributed by atoms with Gasteiger partial charge in [0.25, 0.3) is 0 Å². The Balaban J connectivity index is 2.63. The molecule has 0 saturated carbocycles. The summed E-state index contributed by atoms with van der Waals surface area (Å²) in [4.78, 5) is 11.3. The summed E-state index contributed by atoms with van der Waals surface area (Å²) < 4.78 is 15.9. The minimum atomic E-state index is 0.0909. The zero-order valence-corrected chi connectivity index (χ0v) is 14.4. The first-order valence-corrected chi connectivity index (χ1v) is 7.70. The maximum absolute atomic E-state index is 11.3. The van der Waals surface area contributed by atoms with Gasteiger partial charge in [0.1, 0.15) is 18.1 Å². The van der Waals surface area contributed by atoms with Gasteiger partial charge < -0.3 is 14.2 Å². The molecule has 0 fully saturated rings. The van der Waals surface area contributed by atoms with E-state index >= 15 is 0 Å². The Labute approximate surface area is 138 Å². The molecule has 0 saturated heterocycles. The number of hydrogen-bond acceptors (Lipinski definition) is 4. The fourth-order valence-corrected chi connectivity index (χ4v) is 1.98. The number of ether oxygens (including phenoxy) is 3. The monoisotopic (exact) mass is 318 g/mol. The van der Waals surface area contributed by atoms with Gasteiger partial charge in [0.05, 0.1) is 5.56 Å². The van der Waals surface area contributed by atoms with E-state index in [0.717, 1.165) is 19.1 Å². The second-order valence-corrected chi connectivity index (χ2v) is 5.52. The first-order chi connectivity index (χ1) is 11.1. The van der Waals surface area contributed by atoms with E-state index in [4.69, 9.17) is 14.2 Å². The Morgan fingerprint density at radius 2 is 1.78 bits per heavy atom. The molecule has 0 N–H and O–H groups in total. The van der Waals surface area contributed by atoms with Crippen molar-refractivity contribution < 1.29 is 19.0 Å². The fourth-order valence-electron chi connectivity index (χ4n) is 1.98. The molecule has 0 radical (unpaired) electrons. The van der Waals surface area contributed by atoms with Crippen molar-refractivity contribution in [3.8, 4) is 11.5 Å². The van der Waals surface area contributed by atoms with Crippen LogP contribution in [0.2, 0.25) is 0 Å². The first kappa shape index (κ1) is 19.0. The summed E-state index contributed by atoms with van der Waals surface area (Å²) in [5.41, 5.74) is 3.00. The van der Waals surface area contributed by atoms with Gasteiger partial charge in [-0.3, -0.25) is 4.79 Å². The lowest BCUT2D eigenvalue weighted by Gasteiger charge is -2.11. The third-order valence-electron chi connectivity index (χ3n) is 3.24. The van der Waals surface area contributed by atoms with Crippen molar-refractivity contribution in [2.75, 3.05) is 20.5 Å². The van der Waals surface area contributed by atoms with Crippen LogP contribution in [0, 0.1) is 0 Å². The van der Waals surface area contributed by atoms with Gasteiger partial charge in [0, 0.05) is 7.11 Å². The van der Waals surface area contributed by atoms with Gasteiger partial charge in [-0.1, -0.05) is 23.3 Å². The Morgan fingerprint density at radius 3 is 2.39 bits per heavy atom. The molecule has 0 atom stereocenters. The van der Waals surface area contributed by atoms with Crippen molar-refractivity contribution in [1.82, 2.24) is 0 Å². The lowest BCUT2D eigenvalue weighted by molar-refractivity contribution is 0.0503. The summed E-state index contributed by atoms with van der Waals surface area (Å²) in [5, 5.41) is 0. The summed E-state index contributed by atoms with van der Waals surface area (Å²) >= 11 is 0. The van der Waals surface area contributed by atoms with Crippen molar-refractivity contribution in [3.05, 3.63) is 47.1 Å². The molecule has 4 nitrogen and oxygen atoms in total. The Bertz CT molecular complexity index is 554. The van der Waals surface area contributed by atoms with Gasteiger partial charge in [0.2, 0.25) is 0 Å². The number of aldehydes is 1. The minimum absolute atomic E-state index is 0.0909. The highest BCUT2D eigenvalue weighted by Crippen LogP contribution is 2.27. The molecule has 4 heteroatoms. The summed E-state index contributed by atoms with van der Waals surface area (Å²) in [7, 11) is 1.53. The zero-order chi connectivity index (χ0) is 17.1. The van der Waals surface area contributed by atoms with Crippen LogP contribution >= 0.6 is 0 Å². The van der Waals surface area contributed by atoms with Gasteiger partial charge in [-0.2, -0.15) is 0 Å². The average molecular weight is 318 g/mol. The highest BCUT2D eigenvalue weighted by Gasteiger charge is 2.09. The van der Waals surface area contributed by atoms with Crippen molar-refractivity contribution in [2.45, 2.75) is 33.6 Å². The van der Waals surface area contributed by atoms with E-state index in [-0.39, 0.29) is 6.79 Å². The van der Waals surface area contributed by atoms with Crippen LogP contribution in [0.25, 0.3) is 0 Å². The molecule has 1 aromatic rings. The largest absolute Gasteiger partial charge is 0.489 e. The topological polar surface area (TPSA) is 44.8 Å². The summed E-state index contributed by atoms with van der Waals surface area (Å²) in [5.74, 6) is 0.977. The molecule has 1 rings (SSSR count). The van der Waals surface area contributed by atoms with E-state index < -0.39 is 0 Å². The quantitative estimate of drug-likeness (QED) is 0.360. The van der Waals surface area contributed by atoms with Crippen LogP contribution in [0.4, 0.5) is 0 Å². The smallest absolute Gasteiger partial charge is 0.188 e. The summed E-state index contributed by atoms with van der Waals surface area (Å²) in [6, 6.07) is 5.27. The number of methoxy groups -OCH3 is 1. The lowest BCUT2D eigenvalue weighted by Crippen LogP contribution is -2.04. The van der Waals surface area contributed by atoms with E-state index in [0.29, 0.717) is 23.7 Å². The molecule has 0 unspecified atom stereocenters. The Hall–Kier alpha value is -2.07. The number of hydrogen-bond donors (Lipinski definition) is 0. The van der Waals surface area contributed by atoms with Crippen LogP contribution in [0.1, 0.15) is 44.0 Å². The van der Waals surface area contributed by atoms with Crippen LogP contribution < -0.4 is 9.47 Å². The molecule has 0 aliphatic carbocycles. The first-order valence-electron chi connectivity index (χ1n) is 7.70. The zero-order valence-electron chi connectivity index (χ0n) is 14.4. The number of carbonyl (C=O) groups excluding carboxylic acids is 1. The molecular formula is C19H26O4. The highest BCUT2D eigenvalue weighted by atomic mass is 16.7. The predicted molar refractivity (Wildman–Crippen MR) is 92.3 cm³/mol. The van der Waals surface area contributed by atoms with Crippen LogP contribution in [0.15, 0.2) is 41.5 Å². The molecule has 0 bridgehead atoms. The molecular weight excluding hydrogens is 292 g/mol. The van der Waals surface area contributed by atoms with Crippen molar-refractivity contribution in [3.63, 3.8) is 0 Å². The molecule has 0 aromatic heterocycles. The molecule has 0 aliphatic heterocycles. The second kappa shape index (κ2) is 10.6. The van der Waals surface area contributed by atoms with Crippen LogP contribution in [-0.4, -0.2) is 26.8 Å². The van der Waals surface area contributed by atoms with Crippen molar-refractivity contribution in [2.24, 2.45) is 0 Å². The fraction of sp³-hybridized carbons (Fsp3) is 0.421. The second-order valence-electron chi connectivity index (χ2n) is 5.52. The van der Waals surface area contributed by atoms with Gasteiger partial charge in [-0.25, -0.2) is 0 Å². The predicted octanol–water partition coefficient (Wildman–Crippen LogP) is 4.55. The molecule has 0 aliphatic rings. The Morgan fingerprint density at radius 1 is 1.09 bits per heavy atom. The Kier molecular flexibility index (Phi) is 8.76. The van der Waals surface area contributed by atoms with E-state index in [1.54, 1.807) is 18.2 Å². The normalized spacial score (nSPS) is 11.0. The van der Waals surface area contributed by atoms with Gasteiger partial charge >= 0.3 is 0 Å². The third kappa shape index (κ3) is 7.15. The molecule has 0 heterocycles. The van der Waals surface area contributed by atoms with E-state index in [1.165, 1.54) is 18.3 Å². The van der Waals surface area contributed by atoms with Crippen LogP contribution in [-0.2, 0) is 4.74 Å². The van der Waals surface area contributed by atoms with Crippen LogP contribution in [0.5, 0.6) is 11.5 Å². The minimum Gasteiger partial charge on any atom is -0.489 e. The number of carbonyl (C=O) groups is 1. The van der Waals surface area contributed by atoms with Gasteiger partial charge in [0.15, 0.2) is 13.1 Å². The molecule has 1 aromatic carbocycles. The lowest BCUT2D eigenvalue weighted by atomic mass is 10.1. The summed E-state index contributed by atoms with van der Waals surface area (Å²) in [6.07, 6.45) is 7.04. The van der Waals surface area contributed by atoms with Gasteiger partial charge in [-0.15, -0.1) is 0 Å². The van der Waals surface area contributed by atoms with Crippen molar-refractivity contribution in [1.29, 1.82) is 0 Å². The molecule has 23 heavy (non-hydrogen) atoms. The highest BCUT2D eigenvalue weighted by molar-refractivity contribution is 5.83. The number of benzene rings is 1. The maximum Gasteiger partial charge on any atom is 0.188 e. The van der Waals surface area contributed by atoms with E-state index in [1.807, 2.05) is 6.08 Å².